The third-order valence-corrected chi connectivity index (χ3v) is 7.10. The maximum Gasteiger partial charge on any atom is 0.132 e. The Morgan fingerprint density at radius 1 is 0.486 bits per heavy atom. The number of aliphatic hydroxyl groups is 1. The van der Waals surface area contributed by atoms with Crippen molar-refractivity contribution in [2.45, 2.75) is 41.5 Å². The SMILES string of the molecule is Cc1cc(C)c(C(=C(O)c2c3ccccc3cc3ccccc23)c2c(C)cc(C)cc2C)c(C)c1. The van der Waals surface area contributed by atoms with Gasteiger partial charge in [0.25, 0.3) is 0 Å². The van der Waals surface area contributed by atoms with Crippen molar-refractivity contribution >= 4 is 32.9 Å². The first-order valence-corrected chi connectivity index (χ1v) is 12.3. The van der Waals surface area contributed by atoms with Crippen molar-refractivity contribution in [2.24, 2.45) is 0 Å². The number of benzene rings is 5. The van der Waals surface area contributed by atoms with E-state index in [1.807, 2.05) is 0 Å². The third-order valence-electron chi connectivity index (χ3n) is 7.10. The van der Waals surface area contributed by atoms with Crippen LogP contribution in [0, 0.1) is 41.5 Å². The Morgan fingerprint density at radius 2 is 0.857 bits per heavy atom. The highest BCUT2D eigenvalue weighted by atomic mass is 16.3. The molecule has 0 radical (unpaired) electrons. The van der Waals surface area contributed by atoms with E-state index in [2.05, 4.69) is 120 Å². The molecule has 5 aromatic carbocycles. The second-order valence-electron chi connectivity index (χ2n) is 9.96. The van der Waals surface area contributed by atoms with Gasteiger partial charge in [-0.15, -0.1) is 0 Å². The van der Waals surface area contributed by atoms with Crippen LogP contribution in [0.25, 0.3) is 32.9 Å². The summed E-state index contributed by atoms with van der Waals surface area (Å²) in [6.45, 7) is 12.9. The first kappa shape index (κ1) is 22.9. The molecule has 174 valence electrons. The zero-order valence-electron chi connectivity index (χ0n) is 21.5. The molecule has 0 bridgehead atoms. The summed E-state index contributed by atoms with van der Waals surface area (Å²) in [4.78, 5) is 0. The third kappa shape index (κ3) is 3.91. The van der Waals surface area contributed by atoms with Crippen LogP contribution in [0.1, 0.15) is 50.1 Å². The molecule has 0 aromatic heterocycles. The van der Waals surface area contributed by atoms with Gasteiger partial charge in [0.2, 0.25) is 0 Å². The van der Waals surface area contributed by atoms with E-state index in [0.717, 1.165) is 43.8 Å². The van der Waals surface area contributed by atoms with E-state index in [4.69, 9.17) is 0 Å². The van der Waals surface area contributed by atoms with Gasteiger partial charge in [-0.2, -0.15) is 0 Å². The Kier molecular flexibility index (Phi) is 5.73. The van der Waals surface area contributed by atoms with Crippen LogP contribution >= 0.6 is 0 Å². The summed E-state index contributed by atoms with van der Waals surface area (Å²) < 4.78 is 0. The van der Waals surface area contributed by atoms with E-state index < -0.39 is 0 Å². The van der Waals surface area contributed by atoms with E-state index in [1.54, 1.807) is 0 Å². The van der Waals surface area contributed by atoms with Gasteiger partial charge >= 0.3 is 0 Å². The van der Waals surface area contributed by atoms with Crippen molar-refractivity contribution in [1.29, 1.82) is 0 Å². The topological polar surface area (TPSA) is 20.2 Å². The van der Waals surface area contributed by atoms with E-state index in [-0.39, 0.29) is 0 Å². The fourth-order valence-corrected chi connectivity index (χ4v) is 5.90. The van der Waals surface area contributed by atoms with E-state index in [9.17, 15) is 5.11 Å². The average molecular weight is 457 g/mol. The van der Waals surface area contributed by atoms with Crippen LogP contribution in [0.2, 0.25) is 0 Å². The number of fused-ring (bicyclic) bond motifs is 2. The summed E-state index contributed by atoms with van der Waals surface area (Å²) in [5.41, 5.74) is 11.2. The molecule has 0 aliphatic carbocycles. The quantitative estimate of drug-likeness (QED) is 0.163. The highest BCUT2D eigenvalue weighted by Crippen LogP contribution is 2.42. The molecule has 0 atom stereocenters. The predicted octanol–water partition coefficient (Wildman–Crippen LogP) is 9.32. The summed E-state index contributed by atoms with van der Waals surface area (Å²) in [5, 5.41) is 16.8. The Morgan fingerprint density at radius 3 is 1.26 bits per heavy atom. The molecular formula is C34H32O. The molecule has 1 heteroatoms. The molecule has 0 heterocycles. The molecule has 0 aliphatic rings. The van der Waals surface area contributed by atoms with Gasteiger partial charge < -0.3 is 5.11 Å². The van der Waals surface area contributed by atoms with Crippen LogP contribution < -0.4 is 0 Å². The van der Waals surface area contributed by atoms with Crippen LogP contribution in [0.3, 0.4) is 0 Å². The van der Waals surface area contributed by atoms with Crippen LogP contribution in [0.4, 0.5) is 0 Å². The maximum atomic E-state index is 12.4. The smallest absolute Gasteiger partial charge is 0.132 e. The number of hydrogen-bond acceptors (Lipinski definition) is 1. The highest BCUT2D eigenvalue weighted by Gasteiger charge is 2.23. The second kappa shape index (κ2) is 8.74. The number of aryl methyl sites for hydroxylation is 6. The molecule has 0 unspecified atom stereocenters. The first-order chi connectivity index (χ1) is 16.8. The largest absolute Gasteiger partial charge is 0.507 e. The molecule has 0 fully saturated rings. The lowest BCUT2D eigenvalue weighted by Crippen LogP contribution is -2.05. The molecule has 1 nitrogen and oxygen atoms in total. The second-order valence-corrected chi connectivity index (χ2v) is 9.96. The molecule has 35 heavy (non-hydrogen) atoms. The summed E-state index contributed by atoms with van der Waals surface area (Å²) in [6.07, 6.45) is 0. The Bertz CT molecular complexity index is 1490. The lowest BCUT2D eigenvalue weighted by atomic mass is 9.82. The molecule has 0 saturated carbocycles. The van der Waals surface area contributed by atoms with Crippen LogP contribution in [-0.4, -0.2) is 5.11 Å². The highest BCUT2D eigenvalue weighted by molar-refractivity contribution is 6.13. The predicted molar refractivity (Wildman–Crippen MR) is 151 cm³/mol. The van der Waals surface area contributed by atoms with Gasteiger partial charge in [0.1, 0.15) is 5.76 Å². The molecule has 0 saturated heterocycles. The summed E-state index contributed by atoms with van der Waals surface area (Å²) in [6, 6.07) is 27.8. The van der Waals surface area contributed by atoms with Crippen molar-refractivity contribution in [3.05, 3.63) is 129 Å². The minimum atomic E-state index is 0.336. The Balaban J connectivity index is 2.02. The van der Waals surface area contributed by atoms with Gasteiger partial charge in [-0.05, 0) is 103 Å². The first-order valence-electron chi connectivity index (χ1n) is 12.3. The molecule has 5 aromatic rings. The van der Waals surface area contributed by atoms with Crippen molar-refractivity contribution in [3.63, 3.8) is 0 Å². The van der Waals surface area contributed by atoms with Gasteiger partial charge in [-0.25, -0.2) is 0 Å². The van der Waals surface area contributed by atoms with Gasteiger partial charge in [-0.3, -0.25) is 0 Å². The molecular weight excluding hydrogens is 424 g/mol. The van der Waals surface area contributed by atoms with Crippen molar-refractivity contribution < 1.29 is 5.11 Å². The normalized spacial score (nSPS) is 11.3. The van der Waals surface area contributed by atoms with Crippen molar-refractivity contribution in [1.82, 2.24) is 0 Å². The zero-order valence-corrected chi connectivity index (χ0v) is 21.5. The van der Waals surface area contributed by atoms with Crippen molar-refractivity contribution in [2.75, 3.05) is 0 Å². The average Bonchev–Trinajstić information content (AvgIpc) is 2.80. The summed E-state index contributed by atoms with van der Waals surface area (Å²) >= 11 is 0. The lowest BCUT2D eigenvalue weighted by Gasteiger charge is -2.23. The number of aliphatic hydroxyl groups excluding tert-OH is 1. The number of rotatable bonds is 3. The fourth-order valence-electron chi connectivity index (χ4n) is 5.90. The van der Waals surface area contributed by atoms with Gasteiger partial charge in [0.05, 0.1) is 0 Å². The van der Waals surface area contributed by atoms with Crippen LogP contribution in [0.15, 0.2) is 78.9 Å². The fraction of sp³-hybridized carbons (Fsp3) is 0.176. The van der Waals surface area contributed by atoms with Crippen LogP contribution in [0.5, 0.6) is 0 Å². The summed E-state index contributed by atoms with van der Waals surface area (Å²) in [7, 11) is 0. The van der Waals surface area contributed by atoms with E-state index >= 15 is 0 Å². The molecule has 5 rings (SSSR count). The maximum absolute atomic E-state index is 12.4. The summed E-state index contributed by atoms with van der Waals surface area (Å²) in [5.74, 6) is 0.336. The van der Waals surface area contributed by atoms with E-state index in [0.29, 0.717) is 5.76 Å². The van der Waals surface area contributed by atoms with Crippen molar-refractivity contribution in [3.8, 4) is 0 Å². The molecule has 1 N–H and O–H groups in total. The minimum absolute atomic E-state index is 0.336. The van der Waals surface area contributed by atoms with Gasteiger partial charge in [-0.1, -0.05) is 83.9 Å². The van der Waals surface area contributed by atoms with Crippen LogP contribution in [-0.2, 0) is 0 Å². The lowest BCUT2D eigenvalue weighted by molar-refractivity contribution is 0.515. The number of hydrogen-bond donors (Lipinski definition) is 1. The monoisotopic (exact) mass is 456 g/mol. The molecule has 0 aliphatic heterocycles. The Labute approximate surface area is 208 Å². The van der Waals surface area contributed by atoms with Gasteiger partial charge in [0, 0.05) is 11.1 Å². The molecule has 0 spiro atoms. The Hall–Kier alpha value is -3.84. The van der Waals surface area contributed by atoms with E-state index in [1.165, 1.54) is 33.4 Å². The van der Waals surface area contributed by atoms with Gasteiger partial charge in [0.15, 0.2) is 0 Å². The standard InChI is InChI=1S/C34H32O/c1-20-15-22(3)30(23(4)16-20)33(31-24(5)17-21(2)18-25(31)6)34(35)32-28-13-9-7-11-26(28)19-27-12-8-10-14-29(27)32/h7-19,35H,1-6H3. The zero-order chi connectivity index (χ0) is 24.9. The molecule has 0 amide bonds. The minimum Gasteiger partial charge on any atom is -0.507 e.